The highest BCUT2D eigenvalue weighted by atomic mass is 32.1. The Morgan fingerprint density at radius 1 is 1.59 bits per heavy atom. The minimum absolute atomic E-state index is 0.0163. The molecule has 1 aromatic rings. The Balaban J connectivity index is 2.80. The number of rotatable bonds is 4. The van der Waals surface area contributed by atoms with Gasteiger partial charge in [-0.15, -0.1) is 11.3 Å². The van der Waals surface area contributed by atoms with Crippen LogP contribution >= 0.6 is 23.6 Å². The van der Waals surface area contributed by atoms with Gasteiger partial charge in [0.15, 0.2) is 3.95 Å². The van der Waals surface area contributed by atoms with E-state index in [1.807, 2.05) is 20.8 Å². The number of carbonyl (C=O) groups is 1. The van der Waals surface area contributed by atoms with Crippen LogP contribution < -0.4 is 0 Å². The molecular formula is C11H18N2O2S2. The maximum absolute atomic E-state index is 12.1. The van der Waals surface area contributed by atoms with E-state index in [1.54, 1.807) is 11.9 Å². The lowest BCUT2D eigenvalue weighted by atomic mass is 10.0. The molecule has 4 nitrogen and oxygen atoms in total. The molecule has 0 fully saturated rings. The fraction of sp³-hybridized carbons (Fsp3) is 0.636. The molecule has 0 aliphatic rings. The Bertz CT molecular complexity index is 462. The van der Waals surface area contributed by atoms with Crippen LogP contribution in [0.5, 0.6) is 0 Å². The molecule has 6 heteroatoms. The van der Waals surface area contributed by atoms with Crippen LogP contribution in [0.25, 0.3) is 0 Å². The molecule has 1 heterocycles. The fourth-order valence-electron chi connectivity index (χ4n) is 1.31. The summed E-state index contributed by atoms with van der Waals surface area (Å²) in [4.78, 5) is 17.6. The molecule has 2 N–H and O–H groups in total. The van der Waals surface area contributed by atoms with Gasteiger partial charge in [0, 0.05) is 17.6 Å². The first kappa shape index (κ1) is 14.3. The van der Waals surface area contributed by atoms with Gasteiger partial charge in [-0.2, -0.15) is 0 Å². The molecule has 0 bridgehead atoms. The number of aromatic nitrogens is 1. The number of aryl methyl sites for hydroxylation is 1. The van der Waals surface area contributed by atoms with Gasteiger partial charge in [0.25, 0.3) is 0 Å². The molecule has 0 atom stereocenters. The third-order valence-corrected chi connectivity index (χ3v) is 4.24. The maximum atomic E-state index is 12.1. The lowest BCUT2D eigenvalue weighted by molar-refractivity contribution is -0.135. The quantitative estimate of drug-likeness (QED) is 0.824. The van der Waals surface area contributed by atoms with Gasteiger partial charge in [0.05, 0.1) is 18.6 Å². The number of hydrogen-bond donors (Lipinski definition) is 2. The number of amides is 1. The van der Waals surface area contributed by atoms with Crippen molar-refractivity contribution in [1.29, 1.82) is 0 Å². The van der Waals surface area contributed by atoms with E-state index in [9.17, 15) is 9.90 Å². The van der Waals surface area contributed by atoms with Crippen molar-refractivity contribution < 1.29 is 9.90 Å². The summed E-state index contributed by atoms with van der Waals surface area (Å²) < 4.78 is 0.689. The first-order chi connectivity index (χ1) is 7.77. The van der Waals surface area contributed by atoms with Crippen LogP contribution in [0, 0.1) is 10.9 Å². The summed E-state index contributed by atoms with van der Waals surface area (Å²) >= 11 is 6.46. The van der Waals surface area contributed by atoms with Crippen LogP contribution in [-0.4, -0.2) is 40.1 Å². The molecule has 1 aromatic heterocycles. The van der Waals surface area contributed by atoms with Gasteiger partial charge in [-0.3, -0.25) is 4.79 Å². The molecule has 0 aliphatic heterocycles. The molecule has 1 rings (SSSR count). The third kappa shape index (κ3) is 3.37. The largest absolute Gasteiger partial charge is 0.394 e. The van der Waals surface area contributed by atoms with Crippen molar-refractivity contribution in [3.63, 3.8) is 0 Å². The second kappa shape index (κ2) is 5.29. The van der Waals surface area contributed by atoms with E-state index in [2.05, 4.69) is 4.98 Å². The highest BCUT2D eigenvalue weighted by Gasteiger charge is 2.27. The summed E-state index contributed by atoms with van der Waals surface area (Å²) in [5.74, 6) is -0.0163. The summed E-state index contributed by atoms with van der Waals surface area (Å²) in [7, 11) is 1.71. The van der Waals surface area contributed by atoms with Gasteiger partial charge in [0.2, 0.25) is 5.91 Å². The Kier molecular flexibility index (Phi) is 4.46. The number of carbonyl (C=O) groups excluding carboxylic acids is 1. The summed E-state index contributed by atoms with van der Waals surface area (Å²) in [5.41, 5.74) is 0.409. The lowest BCUT2D eigenvalue weighted by Crippen LogP contribution is -2.48. The van der Waals surface area contributed by atoms with Gasteiger partial charge in [-0.05, 0) is 33.0 Å². The van der Waals surface area contributed by atoms with Crippen molar-refractivity contribution in [2.45, 2.75) is 32.7 Å². The number of likely N-dealkylation sites (N-methyl/N-ethyl adjacent to an activating group) is 1. The molecule has 0 saturated carbocycles. The van der Waals surface area contributed by atoms with Crippen molar-refractivity contribution in [1.82, 2.24) is 9.88 Å². The van der Waals surface area contributed by atoms with E-state index in [1.165, 1.54) is 11.3 Å². The van der Waals surface area contributed by atoms with E-state index in [0.29, 0.717) is 10.4 Å². The number of aliphatic hydroxyl groups is 1. The number of hydrogen-bond acceptors (Lipinski definition) is 4. The first-order valence-corrected chi connectivity index (χ1v) is 6.56. The van der Waals surface area contributed by atoms with Crippen LogP contribution in [0.3, 0.4) is 0 Å². The number of nitrogens with one attached hydrogen (secondary N) is 1. The van der Waals surface area contributed by atoms with Crippen molar-refractivity contribution in [2.24, 2.45) is 0 Å². The highest BCUT2D eigenvalue weighted by molar-refractivity contribution is 7.73. The van der Waals surface area contributed by atoms with Crippen molar-refractivity contribution in [3.05, 3.63) is 14.5 Å². The topological polar surface area (TPSA) is 56.3 Å². The van der Waals surface area contributed by atoms with Gasteiger partial charge < -0.3 is 15.0 Å². The number of nitrogens with zero attached hydrogens (tertiary/aromatic N) is 1. The van der Waals surface area contributed by atoms with E-state index < -0.39 is 5.54 Å². The lowest BCUT2D eigenvalue weighted by Gasteiger charge is -2.33. The van der Waals surface area contributed by atoms with Crippen LogP contribution in [-0.2, 0) is 11.2 Å². The van der Waals surface area contributed by atoms with E-state index in [-0.39, 0.29) is 12.5 Å². The average Bonchev–Trinajstić information content (AvgIpc) is 2.56. The monoisotopic (exact) mass is 274 g/mol. The van der Waals surface area contributed by atoms with Crippen LogP contribution in [0.4, 0.5) is 0 Å². The maximum Gasteiger partial charge on any atom is 0.228 e. The zero-order valence-electron chi connectivity index (χ0n) is 10.5. The minimum Gasteiger partial charge on any atom is -0.394 e. The number of thiazole rings is 1. The molecule has 0 aromatic carbocycles. The molecular weight excluding hydrogens is 256 g/mol. The van der Waals surface area contributed by atoms with Gasteiger partial charge in [-0.25, -0.2) is 0 Å². The van der Waals surface area contributed by atoms with Gasteiger partial charge in [0.1, 0.15) is 0 Å². The summed E-state index contributed by atoms with van der Waals surface area (Å²) in [5, 5.41) is 9.22. The number of H-pyrrole nitrogens is 1. The zero-order chi connectivity index (χ0) is 13.2. The van der Waals surface area contributed by atoms with Crippen molar-refractivity contribution in [3.8, 4) is 0 Å². The van der Waals surface area contributed by atoms with Crippen LogP contribution in [0.2, 0.25) is 0 Å². The second-order valence-corrected chi connectivity index (χ2v) is 6.43. The van der Waals surface area contributed by atoms with Crippen LogP contribution in [0.1, 0.15) is 24.4 Å². The standard InChI is InChI=1S/C11H18N2O2S2/c1-7-8(17-10(16)12-7)5-9(15)13(4)11(2,3)6-14/h14H,5-6H2,1-4H3,(H,12,16). The molecule has 0 spiro atoms. The van der Waals surface area contributed by atoms with Gasteiger partial charge in [-0.1, -0.05) is 0 Å². The number of aliphatic hydroxyl groups excluding tert-OH is 1. The Morgan fingerprint density at radius 3 is 2.59 bits per heavy atom. The predicted octanol–water partition coefficient (Wildman–Crippen LogP) is 1.89. The molecule has 1 amide bonds. The fourth-order valence-corrected chi connectivity index (χ4v) is 2.59. The van der Waals surface area contributed by atoms with Crippen LogP contribution in [0.15, 0.2) is 0 Å². The molecule has 0 radical (unpaired) electrons. The average molecular weight is 274 g/mol. The highest BCUT2D eigenvalue weighted by Crippen LogP contribution is 2.18. The number of aromatic amines is 1. The van der Waals surface area contributed by atoms with E-state index in [4.69, 9.17) is 12.2 Å². The summed E-state index contributed by atoms with van der Waals surface area (Å²) in [6.07, 6.45) is 0.323. The normalized spacial score (nSPS) is 11.6. The Labute approximate surface area is 110 Å². The van der Waals surface area contributed by atoms with Gasteiger partial charge >= 0.3 is 0 Å². The predicted molar refractivity (Wildman–Crippen MR) is 71.9 cm³/mol. The van der Waals surface area contributed by atoms with E-state index >= 15 is 0 Å². The first-order valence-electron chi connectivity index (χ1n) is 5.34. The third-order valence-electron chi connectivity index (χ3n) is 2.90. The Hall–Kier alpha value is -0.720. The molecule has 0 saturated heterocycles. The minimum atomic E-state index is -0.539. The summed E-state index contributed by atoms with van der Waals surface area (Å²) in [6.45, 7) is 5.51. The molecule has 0 aliphatic carbocycles. The Morgan fingerprint density at radius 2 is 2.18 bits per heavy atom. The van der Waals surface area contributed by atoms with Crippen molar-refractivity contribution >= 4 is 29.5 Å². The molecule has 96 valence electrons. The molecule has 17 heavy (non-hydrogen) atoms. The zero-order valence-corrected chi connectivity index (χ0v) is 12.2. The van der Waals surface area contributed by atoms with Crippen molar-refractivity contribution in [2.75, 3.05) is 13.7 Å². The SMILES string of the molecule is Cc1[nH]c(=S)sc1CC(=O)N(C)C(C)(C)CO. The smallest absolute Gasteiger partial charge is 0.228 e. The second-order valence-electron chi connectivity index (χ2n) is 4.66. The van der Waals surface area contributed by atoms with E-state index in [0.717, 1.165) is 10.6 Å². The summed E-state index contributed by atoms with van der Waals surface area (Å²) in [6, 6.07) is 0. The molecule has 0 unspecified atom stereocenters.